The van der Waals surface area contributed by atoms with Crippen LogP contribution in [0.3, 0.4) is 0 Å². The van der Waals surface area contributed by atoms with Crippen LogP contribution in [0.1, 0.15) is 0 Å². The van der Waals surface area contributed by atoms with Gasteiger partial charge in [0.2, 0.25) is 0 Å². The molecule has 0 saturated carbocycles. The second-order valence-corrected chi connectivity index (χ2v) is 2.68. The highest BCUT2D eigenvalue weighted by Crippen LogP contribution is 1.95. The van der Waals surface area contributed by atoms with Gasteiger partial charge in [0.05, 0.1) is 4.47 Å². The molecule has 0 bridgehead atoms. The third-order valence-corrected chi connectivity index (χ3v) is 1.58. The lowest BCUT2D eigenvalue weighted by Crippen LogP contribution is -2.06. The van der Waals surface area contributed by atoms with Gasteiger partial charge in [-0.3, -0.25) is 9.78 Å². The number of hydrogen-bond acceptors (Lipinski definition) is 2. The van der Waals surface area contributed by atoms with E-state index in [1.54, 1.807) is 0 Å². The summed E-state index contributed by atoms with van der Waals surface area (Å²) in [5.74, 6) is 0. The summed E-state index contributed by atoms with van der Waals surface area (Å²) < 4.78 is 0.791. The van der Waals surface area contributed by atoms with E-state index in [1.807, 2.05) is 0 Å². The van der Waals surface area contributed by atoms with Crippen LogP contribution >= 0.6 is 28.1 Å². The second-order valence-electron chi connectivity index (χ2n) is 1.42. The quantitative estimate of drug-likeness (QED) is 0.628. The highest BCUT2D eigenvalue weighted by atomic mass is 79.9. The zero-order chi connectivity index (χ0) is 6.85. The zero-order valence-electron chi connectivity index (χ0n) is 4.27. The van der Waals surface area contributed by atoms with Gasteiger partial charge in [0, 0.05) is 6.20 Å². The highest BCUT2D eigenvalue weighted by molar-refractivity contribution is 9.10. The predicted octanol–water partition coefficient (Wildman–Crippen LogP) is 1.19. The smallest absolute Gasteiger partial charge is 0.265 e. The van der Waals surface area contributed by atoms with E-state index < -0.39 is 0 Å². The fourth-order valence-corrected chi connectivity index (χ4v) is 0.759. The molecule has 1 rings (SSSR count). The Balaban J connectivity index is 3.52. The maximum atomic E-state index is 10.7. The maximum absolute atomic E-state index is 10.7. The molecule has 1 heterocycles. The van der Waals surface area contributed by atoms with Gasteiger partial charge in [-0.2, -0.15) is 0 Å². The molecular weight excluding hydrogens is 204 g/mol. The van der Waals surface area contributed by atoms with Crippen LogP contribution in [0, 0.1) is 4.77 Å². The molecule has 0 aromatic carbocycles. The lowest BCUT2D eigenvalue weighted by Gasteiger charge is -1.84. The second kappa shape index (κ2) is 2.45. The van der Waals surface area contributed by atoms with Crippen LogP contribution in [0.4, 0.5) is 0 Å². The Morgan fingerprint density at radius 3 is 2.78 bits per heavy atom. The minimum atomic E-state index is -0.209. The number of H-pyrrole nitrogens is 2. The Labute approximate surface area is 64.3 Å². The van der Waals surface area contributed by atoms with Gasteiger partial charge >= 0.3 is 0 Å². The monoisotopic (exact) mass is 206 g/mol. The Morgan fingerprint density at radius 2 is 2.33 bits per heavy atom. The molecule has 0 spiro atoms. The van der Waals surface area contributed by atoms with Crippen molar-refractivity contribution in [1.82, 2.24) is 9.97 Å². The first-order valence-electron chi connectivity index (χ1n) is 2.17. The van der Waals surface area contributed by atoms with E-state index in [4.69, 9.17) is 0 Å². The van der Waals surface area contributed by atoms with Crippen molar-refractivity contribution in [1.29, 1.82) is 0 Å². The van der Waals surface area contributed by atoms with Gasteiger partial charge in [-0.25, -0.2) is 0 Å². The van der Waals surface area contributed by atoms with E-state index in [1.165, 1.54) is 6.20 Å². The topological polar surface area (TPSA) is 48.6 Å². The first-order valence-corrected chi connectivity index (χ1v) is 3.38. The third kappa shape index (κ3) is 1.49. The van der Waals surface area contributed by atoms with Crippen LogP contribution in [0.2, 0.25) is 0 Å². The van der Waals surface area contributed by atoms with Crippen LogP contribution in [0.15, 0.2) is 15.5 Å². The summed E-state index contributed by atoms with van der Waals surface area (Å²) in [7, 11) is 0. The van der Waals surface area contributed by atoms with E-state index >= 15 is 0 Å². The summed E-state index contributed by atoms with van der Waals surface area (Å²) in [6.45, 7) is 0. The number of aromatic amines is 2. The van der Waals surface area contributed by atoms with E-state index in [0.29, 0.717) is 9.24 Å². The fourth-order valence-electron chi connectivity index (χ4n) is 0.393. The normalized spacial score (nSPS) is 9.44. The minimum absolute atomic E-state index is 0.209. The average molecular weight is 207 g/mol. The predicted molar refractivity (Wildman–Crippen MR) is 39.9 cm³/mol. The SMILES string of the molecule is O=c1[nH]c(=S)[nH]cc1Br. The van der Waals surface area contributed by atoms with Gasteiger partial charge in [-0.05, 0) is 28.1 Å². The standard InChI is InChI=1S/C4H3BrN2OS/c5-2-1-6-4(9)7-3(2)8/h1H,(H2,6,7,8,9). The van der Waals surface area contributed by atoms with Crippen molar-refractivity contribution in [2.75, 3.05) is 0 Å². The number of nitrogens with one attached hydrogen (secondary N) is 2. The molecule has 0 atom stereocenters. The molecule has 0 aliphatic heterocycles. The zero-order valence-corrected chi connectivity index (χ0v) is 6.67. The summed E-state index contributed by atoms with van der Waals surface area (Å²) in [6, 6.07) is 0. The molecule has 5 heteroatoms. The number of rotatable bonds is 0. The van der Waals surface area contributed by atoms with Crippen molar-refractivity contribution in [3.63, 3.8) is 0 Å². The van der Waals surface area contributed by atoms with Gasteiger partial charge in [0.15, 0.2) is 4.77 Å². The van der Waals surface area contributed by atoms with Crippen LogP contribution < -0.4 is 5.56 Å². The van der Waals surface area contributed by atoms with Crippen LogP contribution in [-0.4, -0.2) is 9.97 Å². The van der Waals surface area contributed by atoms with Gasteiger partial charge < -0.3 is 4.98 Å². The van der Waals surface area contributed by atoms with E-state index in [2.05, 4.69) is 38.1 Å². The van der Waals surface area contributed by atoms with Crippen LogP contribution in [-0.2, 0) is 0 Å². The van der Waals surface area contributed by atoms with Crippen molar-refractivity contribution in [3.8, 4) is 0 Å². The Hall–Kier alpha value is -0.420. The van der Waals surface area contributed by atoms with Crippen molar-refractivity contribution in [2.24, 2.45) is 0 Å². The third-order valence-electron chi connectivity index (χ3n) is 0.774. The molecule has 0 unspecified atom stereocenters. The lowest BCUT2D eigenvalue weighted by atomic mass is 10.7. The molecule has 0 aliphatic carbocycles. The van der Waals surface area contributed by atoms with Gasteiger partial charge in [0.1, 0.15) is 0 Å². The molecular formula is C4H3BrN2OS. The number of aromatic nitrogens is 2. The van der Waals surface area contributed by atoms with Crippen LogP contribution in [0.25, 0.3) is 0 Å². The molecule has 0 fully saturated rings. The Morgan fingerprint density at radius 1 is 1.67 bits per heavy atom. The summed E-state index contributed by atoms with van der Waals surface area (Å²) in [5, 5.41) is 0. The molecule has 48 valence electrons. The average Bonchev–Trinajstić information content (AvgIpc) is 1.80. The highest BCUT2D eigenvalue weighted by Gasteiger charge is 1.89. The molecule has 1 aromatic rings. The number of hydrogen-bond donors (Lipinski definition) is 2. The molecule has 0 saturated heterocycles. The van der Waals surface area contributed by atoms with E-state index in [0.717, 1.165) is 0 Å². The van der Waals surface area contributed by atoms with Crippen molar-refractivity contribution in [3.05, 3.63) is 25.8 Å². The minimum Gasteiger partial charge on any atom is -0.338 e. The molecule has 0 aliphatic rings. The van der Waals surface area contributed by atoms with Crippen LogP contribution in [0.5, 0.6) is 0 Å². The molecule has 0 amide bonds. The molecule has 3 nitrogen and oxygen atoms in total. The van der Waals surface area contributed by atoms with Crippen molar-refractivity contribution >= 4 is 28.1 Å². The lowest BCUT2D eigenvalue weighted by molar-refractivity contribution is 1.07. The molecule has 0 radical (unpaired) electrons. The summed E-state index contributed by atoms with van der Waals surface area (Å²) in [5.41, 5.74) is -0.209. The molecule has 2 N–H and O–H groups in total. The summed E-state index contributed by atoms with van der Waals surface area (Å²) >= 11 is 7.64. The number of halogens is 1. The van der Waals surface area contributed by atoms with Gasteiger partial charge in [0.25, 0.3) is 5.56 Å². The Bertz CT molecular complexity index is 315. The molecule has 9 heavy (non-hydrogen) atoms. The maximum Gasteiger partial charge on any atom is 0.265 e. The van der Waals surface area contributed by atoms with Gasteiger partial charge in [-0.1, -0.05) is 0 Å². The first kappa shape index (κ1) is 6.70. The Kier molecular flexibility index (Phi) is 1.82. The summed E-state index contributed by atoms with van der Waals surface area (Å²) in [4.78, 5) is 15.7. The largest absolute Gasteiger partial charge is 0.338 e. The van der Waals surface area contributed by atoms with Crippen molar-refractivity contribution < 1.29 is 0 Å². The van der Waals surface area contributed by atoms with Crippen molar-refractivity contribution in [2.45, 2.75) is 0 Å². The fraction of sp³-hybridized carbons (Fsp3) is 0. The van der Waals surface area contributed by atoms with Gasteiger partial charge in [-0.15, -0.1) is 0 Å². The first-order chi connectivity index (χ1) is 4.20. The van der Waals surface area contributed by atoms with E-state index in [9.17, 15) is 4.79 Å². The summed E-state index contributed by atoms with van der Waals surface area (Å²) in [6.07, 6.45) is 1.50. The molecule has 1 aromatic heterocycles. The van der Waals surface area contributed by atoms with E-state index in [-0.39, 0.29) is 5.56 Å².